The largest absolute Gasteiger partial charge is 0.394 e. The van der Waals surface area contributed by atoms with Crippen LogP contribution < -0.4 is 0 Å². The van der Waals surface area contributed by atoms with Crippen LogP contribution >= 0.6 is 0 Å². The molecule has 0 amide bonds. The second kappa shape index (κ2) is 16.4. The Hall–Kier alpha value is -0.440. The van der Waals surface area contributed by atoms with Crippen LogP contribution in [0.3, 0.4) is 0 Å². The molecule has 2 aliphatic rings. The van der Waals surface area contributed by atoms with Crippen molar-refractivity contribution in [3.05, 3.63) is 0 Å². The first-order valence-electron chi connectivity index (χ1n) is 13.1. The highest BCUT2D eigenvalue weighted by molar-refractivity contribution is 4.94. The highest BCUT2D eigenvalue weighted by Gasteiger charge is 2.50. The number of unbranched alkanes of at least 4 members (excludes halogenated alkanes) is 9. The van der Waals surface area contributed by atoms with E-state index in [0.717, 1.165) is 19.3 Å². The maximum Gasteiger partial charge on any atom is 0.187 e. The van der Waals surface area contributed by atoms with Crippen molar-refractivity contribution < 1.29 is 54.7 Å². The molecule has 35 heavy (non-hydrogen) atoms. The number of ether oxygens (including phenoxy) is 4. The number of aliphatic hydroxyl groups is 7. The quantitative estimate of drug-likeness (QED) is 0.134. The maximum atomic E-state index is 10.6. The van der Waals surface area contributed by atoms with Crippen LogP contribution in [0.1, 0.15) is 71.1 Å². The van der Waals surface area contributed by atoms with Crippen molar-refractivity contribution in [1.82, 2.24) is 0 Å². The van der Waals surface area contributed by atoms with E-state index in [1.807, 2.05) is 0 Å². The number of aliphatic hydroxyl groups excluding tert-OH is 7. The molecule has 0 bridgehead atoms. The molecular formula is C24H46O11. The van der Waals surface area contributed by atoms with Gasteiger partial charge in [-0.3, -0.25) is 0 Å². The summed E-state index contributed by atoms with van der Waals surface area (Å²) in [4.78, 5) is 0. The first-order chi connectivity index (χ1) is 16.8. The van der Waals surface area contributed by atoms with Crippen LogP contribution in [0.25, 0.3) is 0 Å². The molecule has 0 aromatic rings. The number of rotatable bonds is 16. The summed E-state index contributed by atoms with van der Waals surface area (Å²) in [5, 5.41) is 70.1. The summed E-state index contributed by atoms with van der Waals surface area (Å²) in [7, 11) is 0. The van der Waals surface area contributed by atoms with Gasteiger partial charge in [0.25, 0.3) is 0 Å². The van der Waals surface area contributed by atoms with Crippen molar-refractivity contribution in [3.8, 4) is 0 Å². The Kier molecular flexibility index (Phi) is 14.4. The molecule has 11 heteroatoms. The molecule has 0 saturated carbocycles. The average Bonchev–Trinajstić information content (AvgIpc) is 2.86. The Bertz CT molecular complexity index is 550. The zero-order valence-corrected chi connectivity index (χ0v) is 20.7. The van der Waals surface area contributed by atoms with Crippen LogP contribution in [0.2, 0.25) is 0 Å². The summed E-state index contributed by atoms with van der Waals surface area (Å²) in [5.41, 5.74) is 0. The lowest BCUT2D eigenvalue weighted by Gasteiger charge is -2.45. The van der Waals surface area contributed by atoms with Gasteiger partial charge >= 0.3 is 0 Å². The molecule has 2 aliphatic heterocycles. The lowest BCUT2D eigenvalue weighted by Crippen LogP contribution is -2.64. The smallest absolute Gasteiger partial charge is 0.187 e. The van der Waals surface area contributed by atoms with Crippen molar-refractivity contribution in [2.75, 3.05) is 19.8 Å². The molecule has 0 radical (unpaired) electrons. The molecule has 2 fully saturated rings. The van der Waals surface area contributed by atoms with Gasteiger partial charge in [0.15, 0.2) is 12.6 Å². The van der Waals surface area contributed by atoms with Crippen LogP contribution in [-0.2, 0) is 18.9 Å². The summed E-state index contributed by atoms with van der Waals surface area (Å²) in [6, 6.07) is 0. The molecule has 0 unspecified atom stereocenters. The summed E-state index contributed by atoms with van der Waals surface area (Å²) in [5.74, 6) is 0. The van der Waals surface area contributed by atoms with E-state index >= 15 is 0 Å². The topological polar surface area (TPSA) is 179 Å². The fourth-order valence-electron chi connectivity index (χ4n) is 4.48. The van der Waals surface area contributed by atoms with Crippen molar-refractivity contribution in [2.45, 2.75) is 133 Å². The molecule has 0 spiro atoms. The molecule has 0 aromatic heterocycles. The molecule has 0 aromatic carbocycles. The van der Waals surface area contributed by atoms with Crippen LogP contribution in [0.5, 0.6) is 0 Å². The Balaban J connectivity index is 1.74. The molecule has 10 atom stereocenters. The maximum absolute atomic E-state index is 10.6. The van der Waals surface area contributed by atoms with E-state index in [-0.39, 0.29) is 0 Å². The molecule has 2 rings (SSSR count). The fraction of sp³-hybridized carbons (Fsp3) is 1.00. The van der Waals surface area contributed by atoms with Gasteiger partial charge in [0, 0.05) is 6.61 Å². The second-order valence-electron chi connectivity index (χ2n) is 9.56. The van der Waals surface area contributed by atoms with E-state index in [0.29, 0.717) is 6.61 Å². The van der Waals surface area contributed by atoms with Crippen molar-refractivity contribution in [3.63, 3.8) is 0 Å². The van der Waals surface area contributed by atoms with Gasteiger partial charge in [-0.15, -0.1) is 0 Å². The lowest BCUT2D eigenvalue weighted by atomic mass is 9.97. The minimum absolute atomic E-state index is 0.321. The highest BCUT2D eigenvalue weighted by atomic mass is 16.7. The third-order valence-corrected chi connectivity index (χ3v) is 6.74. The van der Waals surface area contributed by atoms with Crippen LogP contribution in [-0.4, -0.2) is 117 Å². The third kappa shape index (κ3) is 9.11. The van der Waals surface area contributed by atoms with Crippen molar-refractivity contribution >= 4 is 0 Å². The second-order valence-corrected chi connectivity index (χ2v) is 9.56. The first kappa shape index (κ1) is 30.8. The van der Waals surface area contributed by atoms with Gasteiger partial charge < -0.3 is 54.7 Å². The van der Waals surface area contributed by atoms with Gasteiger partial charge in [-0.1, -0.05) is 64.7 Å². The van der Waals surface area contributed by atoms with E-state index in [2.05, 4.69) is 6.92 Å². The van der Waals surface area contributed by atoms with E-state index in [4.69, 9.17) is 18.9 Å². The van der Waals surface area contributed by atoms with Gasteiger partial charge in [-0.2, -0.15) is 0 Å². The average molecular weight is 511 g/mol. The number of hydrogen-bond acceptors (Lipinski definition) is 11. The predicted octanol–water partition coefficient (Wildman–Crippen LogP) is -0.452. The van der Waals surface area contributed by atoms with Gasteiger partial charge in [0.05, 0.1) is 13.2 Å². The first-order valence-corrected chi connectivity index (χ1v) is 13.1. The van der Waals surface area contributed by atoms with Crippen LogP contribution in [0.15, 0.2) is 0 Å². The van der Waals surface area contributed by atoms with Crippen molar-refractivity contribution in [2.24, 2.45) is 0 Å². The summed E-state index contributed by atoms with van der Waals surface area (Å²) < 4.78 is 22.0. The monoisotopic (exact) mass is 510 g/mol. The Labute approximate surface area is 207 Å². The molecule has 0 aliphatic carbocycles. The minimum Gasteiger partial charge on any atom is -0.394 e. The highest BCUT2D eigenvalue weighted by Crippen LogP contribution is 2.29. The molecule has 11 nitrogen and oxygen atoms in total. The zero-order valence-electron chi connectivity index (χ0n) is 20.7. The molecule has 208 valence electrons. The predicted molar refractivity (Wildman–Crippen MR) is 124 cm³/mol. The molecule has 2 saturated heterocycles. The standard InChI is InChI=1S/C24H46O11/c1-2-3-4-5-6-7-8-9-10-11-12-32-23-21(31)19(29)22(16(14-26)34-23)35-24-20(30)18(28)17(27)15(13-25)33-24/h15-31H,2-14H2,1H3/t15-,16-,17-,18+,19-,20+,21+,22-,23-,24+/m0/s1. The Morgan fingerprint density at radius 2 is 1.09 bits per heavy atom. The zero-order chi connectivity index (χ0) is 25.8. The molecule has 7 N–H and O–H groups in total. The summed E-state index contributed by atoms with van der Waals surface area (Å²) >= 11 is 0. The van der Waals surface area contributed by atoms with Gasteiger partial charge in [-0.05, 0) is 6.42 Å². The van der Waals surface area contributed by atoms with Crippen molar-refractivity contribution in [1.29, 1.82) is 0 Å². The summed E-state index contributed by atoms with van der Waals surface area (Å²) in [6.07, 6.45) is -2.63. The SMILES string of the molecule is CCCCCCCCCCCCO[C@H]1O[C@@H](CO)[C@H](O[C@H]2O[C@@H](CO)[C@H](O)[C@@H](O)[C@H]2O)[C@@H](O)[C@H]1O. The molecule has 2 heterocycles. The minimum atomic E-state index is -1.69. The van der Waals surface area contributed by atoms with Gasteiger partial charge in [0.1, 0.15) is 48.8 Å². The fourth-order valence-corrected chi connectivity index (χ4v) is 4.48. The van der Waals surface area contributed by atoms with E-state index in [1.54, 1.807) is 0 Å². The van der Waals surface area contributed by atoms with Gasteiger partial charge in [0.2, 0.25) is 0 Å². The van der Waals surface area contributed by atoms with E-state index in [9.17, 15) is 35.7 Å². The Morgan fingerprint density at radius 1 is 0.571 bits per heavy atom. The normalized spacial score (nSPS) is 38.1. The van der Waals surface area contributed by atoms with Crippen LogP contribution in [0, 0.1) is 0 Å². The summed E-state index contributed by atoms with van der Waals surface area (Å²) in [6.45, 7) is 1.31. The van der Waals surface area contributed by atoms with E-state index in [1.165, 1.54) is 44.9 Å². The molecular weight excluding hydrogens is 464 g/mol. The third-order valence-electron chi connectivity index (χ3n) is 6.74. The lowest BCUT2D eigenvalue weighted by molar-refractivity contribution is -0.359. The number of hydrogen-bond donors (Lipinski definition) is 7. The van der Waals surface area contributed by atoms with Crippen LogP contribution in [0.4, 0.5) is 0 Å². The van der Waals surface area contributed by atoms with E-state index < -0.39 is 74.6 Å². The Morgan fingerprint density at radius 3 is 1.66 bits per heavy atom. The van der Waals surface area contributed by atoms with Gasteiger partial charge in [-0.25, -0.2) is 0 Å².